The molecular weight excluding hydrogens is 334 g/mol. The number of carbonyl (C=O) groups is 1. The van der Waals surface area contributed by atoms with Crippen molar-refractivity contribution in [2.75, 3.05) is 17.7 Å². The number of nitrogen functional groups attached to an aromatic ring is 1. The van der Waals surface area contributed by atoms with Crippen LogP contribution in [0.4, 0.5) is 11.4 Å². The Balaban J connectivity index is 2.30. The monoisotopic (exact) mass is 349 g/mol. The van der Waals surface area contributed by atoms with Crippen LogP contribution in [0.25, 0.3) is 0 Å². The van der Waals surface area contributed by atoms with Crippen molar-refractivity contribution in [3.05, 3.63) is 46.2 Å². The van der Waals surface area contributed by atoms with Gasteiger partial charge in [-0.3, -0.25) is 4.79 Å². The minimum Gasteiger partial charge on any atom is -0.491 e. The highest BCUT2D eigenvalue weighted by Crippen LogP contribution is 2.27. The number of aromatic nitrogens is 1. The first kappa shape index (κ1) is 15.3. The Morgan fingerprint density at radius 3 is 2.81 bits per heavy atom. The van der Waals surface area contributed by atoms with Crippen LogP contribution in [0.3, 0.4) is 0 Å². The third kappa shape index (κ3) is 3.52. The smallest absolute Gasteiger partial charge is 0.259 e. The molecule has 1 amide bonds. The molecule has 2 rings (SSSR count). The van der Waals surface area contributed by atoms with Gasteiger partial charge >= 0.3 is 0 Å². The Kier molecular flexibility index (Phi) is 4.80. The number of pyridine rings is 1. The number of hydrogen-bond donors (Lipinski definition) is 2. The molecule has 1 aromatic heterocycles. The van der Waals surface area contributed by atoms with Crippen LogP contribution in [0.1, 0.15) is 23.0 Å². The number of anilines is 2. The van der Waals surface area contributed by atoms with Gasteiger partial charge in [-0.2, -0.15) is 0 Å². The number of nitrogens with zero attached hydrogens (tertiary/aromatic N) is 1. The van der Waals surface area contributed by atoms with Crippen LogP contribution in [0.15, 0.2) is 34.9 Å². The lowest BCUT2D eigenvalue weighted by molar-refractivity contribution is 0.102. The van der Waals surface area contributed by atoms with Gasteiger partial charge in [0, 0.05) is 0 Å². The lowest BCUT2D eigenvalue weighted by atomic mass is 10.1. The zero-order valence-corrected chi connectivity index (χ0v) is 13.4. The number of carbonyl (C=O) groups excluding carboxylic acids is 1. The molecule has 21 heavy (non-hydrogen) atoms. The normalized spacial score (nSPS) is 10.2. The number of aryl methyl sites for hydroxylation is 1. The van der Waals surface area contributed by atoms with E-state index in [2.05, 4.69) is 26.2 Å². The molecule has 0 bridgehead atoms. The standard InChI is InChI=1S/C15H16BrN3O2/c1-3-21-14-10(5-4-6-11(14)17)15(20)19-12-7-8-13(16)18-9(12)2/h4-8H,3,17H2,1-2H3,(H,19,20). The highest BCUT2D eigenvalue weighted by atomic mass is 79.9. The van der Waals surface area contributed by atoms with Crippen molar-refractivity contribution in [2.45, 2.75) is 13.8 Å². The second kappa shape index (κ2) is 6.58. The molecular formula is C15H16BrN3O2. The quantitative estimate of drug-likeness (QED) is 0.655. The van der Waals surface area contributed by atoms with E-state index in [4.69, 9.17) is 10.5 Å². The maximum Gasteiger partial charge on any atom is 0.259 e. The number of nitrogens with two attached hydrogens (primary N) is 1. The Labute approximate surface area is 131 Å². The molecule has 0 aliphatic rings. The topological polar surface area (TPSA) is 77.2 Å². The number of benzene rings is 1. The summed E-state index contributed by atoms with van der Waals surface area (Å²) < 4.78 is 6.19. The second-order valence-electron chi connectivity index (χ2n) is 4.38. The SMILES string of the molecule is CCOc1c(N)cccc1C(=O)Nc1ccc(Br)nc1C. The lowest BCUT2D eigenvalue weighted by Crippen LogP contribution is -2.15. The van der Waals surface area contributed by atoms with Crippen LogP contribution in [0.5, 0.6) is 5.75 Å². The molecule has 110 valence electrons. The van der Waals surface area contributed by atoms with Crippen LogP contribution in [-0.2, 0) is 0 Å². The van der Waals surface area contributed by atoms with E-state index in [0.717, 1.165) is 10.3 Å². The predicted molar refractivity (Wildman–Crippen MR) is 86.7 cm³/mol. The van der Waals surface area contributed by atoms with E-state index in [0.29, 0.717) is 29.3 Å². The fourth-order valence-corrected chi connectivity index (χ4v) is 2.29. The average Bonchev–Trinajstić information content (AvgIpc) is 2.44. The number of amides is 1. The maximum absolute atomic E-state index is 12.4. The Morgan fingerprint density at radius 1 is 1.38 bits per heavy atom. The summed E-state index contributed by atoms with van der Waals surface area (Å²) in [6, 6.07) is 8.66. The van der Waals surface area contributed by atoms with Crippen molar-refractivity contribution in [1.29, 1.82) is 0 Å². The molecule has 0 atom stereocenters. The van der Waals surface area contributed by atoms with E-state index in [1.165, 1.54) is 0 Å². The van der Waals surface area contributed by atoms with Gasteiger partial charge in [0.1, 0.15) is 4.60 Å². The molecule has 5 nitrogen and oxygen atoms in total. The van der Waals surface area contributed by atoms with Crippen LogP contribution >= 0.6 is 15.9 Å². The molecule has 0 saturated carbocycles. The van der Waals surface area contributed by atoms with Gasteiger partial charge in [-0.25, -0.2) is 4.98 Å². The number of rotatable bonds is 4. The summed E-state index contributed by atoms with van der Waals surface area (Å²) in [7, 11) is 0. The van der Waals surface area contributed by atoms with Gasteiger partial charge in [-0.05, 0) is 54.0 Å². The minimum absolute atomic E-state index is 0.280. The van der Waals surface area contributed by atoms with E-state index >= 15 is 0 Å². The number of para-hydroxylation sites is 1. The summed E-state index contributed by atoms with van der Waals surface area (Å²) in [6.07, 6.45) is 0. The third-order valence-corrected chi connectivity index (χ3v) is 3.32. The first-order valence-corrected chi connectivity index (χ1v) is 7.28. The summed E-state index contributed by atoms with van der Waals surface area (Å²) in [4.78, 5) is 16.7. The van der Waals surface area contributed by atoms with Crippen molar-refractivity contribution in [3.8, 4) is 5.75 Å². The molecule has 0 aliphatic heterocycles. The van der Waals surface area contributed by atoms with E-state index in [9.17, 15) is 4.79 Å². The fraction of sp³-hybridized carbons (Fsp3) is 0.200. The zero-order chi connectivity index (χ0) is 15.4. The Morgan fingerprint density at radius 2 is 2.14 bits per heavy atom. The zero-order valence-electron chi connectivity index (χ0n) is 11.8. The van der Waals surface area contributed by atoms with Gasteiger partial charge < -0.3 is 15.8 Å². The van der Waals surface area contributed by atoms with Crippen LogP contribution < -0.4 is 15.8 Å². The summed E-state index contributed by atoms with van der Waals surface area (Å²) in [6.45, 7) is 4.10. The summed E-state index contributed by atoms with van der Waals surface area (Å²) in [5, 5.41) is 2.82. The van der Waals surface area contributed by atoms with Crippen LogP contribution in [0.2, 0.25) is 0 Å². The molecule has 1 aromatic carbocycles. The first-order valence-electron chi connectivity index (χ1n) is 6.48. The van der Waals surface area contributed by atoms with Gasteiger partial charge in [-0.15, -0.1) is 0 Å². The molecule has 6 heteroatoms. The molecule has 0 aliphatic carbocycles. The Hall–Kier alpha value is -2.08. The van der Waals surface area contributed by atoms with Crippen LogP contribution in [0, 0.1) is 6.92 Å². The second-order valence-corrected chi connectivity index (χ2v) is 5.19. The van der Waals surface area contributed by atoms with Gasteiger partial charge in [0.2, 0.25) is 0 Å². The molecule has 0 saturated heterocycles. The average molecular weight is 350 g/mol. The van der Waals surface area contributed by atoms with Crippen LogP contribution in [-0.4, -0.2) is 17.5 Å². The van der Waals surface area contributed by atoms with Gasteiger partial charge in [-0.1, -0.05) is 6.07 Å². The maximum atomic E-state index is 12.4. The van der Waals surface area contributed by atoms with Crippen molar-refractivity contribution in [1.82, 2.24) is 4.98 Å². The summed E-state index contributed by atoms with van der Waals surface area (Å²) >= 11 is 3.29. The molecule has 0 unspecified atom stereocenters. The highest BCUT2D eigenvalue weighted by Gasteiger charge is 2.16. The minimum atomic E-state index is -0.280. The fourth-order valence-electron chi connectivity index (χ4n) is 1.89. The first-order chi connectivity index (χ1) is 10.0. The largest absolute Gasteiger partial charge is 0.491 e. The predicted octanol–water partition coefficient (Wildman–Crippen LogP) is 3.39. The summed E-state index contributed by atoms with van der Waals surface area (Å²) in [5.41, 5.74) is 8.08. The van der Waals surface area contributed by atoms with E-state index in [1.54, 1.807) is 30.3 Å². The van der Waals surface area contributed by atoms with E-state index < -0.39 is 0 Å². The van der Waals surface area contributed by atoms with Crippen molar-refractivity contribution in [3.63, 3.8) is 0 Å². The number of hydrogen-bond acceptors (Lipinski definition) is 4. The molecule has 1 heterocycles. The van der Waals surface area contributed by atoms with E-state index in [1.807, 2.05) is 13.8 Å². The van der Waals surface area contributed by atoms with Crippen molar-refractivity contribution >= 4 is 33.2 Å². The highest BCUT2D eigenvalue weighted by molar-refractivity contribution is 9.10. The number of ether oxygens (including phenoxy) is 1. The molecule has 2 aromatic rings. The molecule has 3 N–H and O–H groups in total. The van der Waals surface area contributed by atoms with E-state index in [-0.39, 0.29) is 5.91 Å². The van der Waals surface area contributed by atoms with Gasteiger partial charge in [0.05, 0.1) is 29.2 Å². The summed E-state index contributed by atoms with van der Waals surface area (Å²) in [5.74, 6) is 0.123. The third-order valence-electron chi connectivity index (χ3n) is 2.88. The van der Waals surface area contributed by atoms with Gasteiger partial charge in [0.15, 0.2) is 5.75 Å². The van der Waals surface area contributed by atoms with Crippen molar-refractivity contribution < 1.29 is 9.53 Å². The number of halogens is 1. The number of nitrogens with one attached hydrogen (secondary N) is 1. The van der Waals surface area contributed by atoms with Gasteiger partial charge in [0.25, 0.3) is 5.91 Å². The molecule has 0 spiro atoms. The lowest BCUT2D eigenvalue weighted by Gasteiger charge is -2.13. The Bertz CT molecular complexity index is 674. The van der Waals surface area contributed by atoms with Crippen molar-refractivity contribution in [2.24, 2.45) is 0 Å². The molecule has 0 fully saturated rings. The molecule has 0 radical (unpaired) electrons.